The fourth-order valence-electron chi connectivity index (χ4n) is 3.72. The van der Waals surface area contributed by atoms with Gasteiger partial charge in [-0.05, 0) is 42.7 Å². The van der Waals surface area contributed by atoms with Crippen LogP contribution >= 0.6 is 17.0 Å². The van der Waals surface area contributed by atoms with Crippen LogP contribution in [0.4, 0.5) is 0 Å². The normalized spacial score (nSPS) is 16.5. The van der Waals surface area contributed by atoms with E-state index < -0.39 is 6.10 Å². The number of aromatic hydroxyl groups is 2. The molecular formula is C21H28BrNO4. The van der Waals surface area contributed by atoms with E-state index >= 15 is 0 Å². The molecule has 0 saturated heterocycles. The van der Waals surface area contributed by atoms with Gasteiger partial charge in [0, 0.05) is 18.5 Å². The average molecular weight is 438 g/mol. The summed E-state index contributed by atoms with van der Waals surface area (Å²) in [5.41, 5.74) is 0.971. The first-order valence-corrected chi connectivity index (χ1v) is 9.18. The molecule has 0 amide bonds. The highest BCUT2D eigenvalue weighted by atomic mass is 79.9. The van der Waals surface area contributed by atoms with Gasteiger partial charge in [0.15, 0.2) is 11.5 Å². The van der Waals surface area contributed by atoms with Crippen molar-refractivity contribution in [2.24, 2.45) is 0 Å². The number of benzene rings is 2. The van der Waals surface area contributed by atoms with Crippen LogP contribution in [0, 0.1) is 0 Å². The third-order valence-corrected chi connectivity index (χ3v) is 5.18. The minimum atomic E-state index is -0.595. The fourth-order valence-corrected chi connectivity index (χ4v) is 3.72. The quantitative estimate of drug-likeness (QED) is 0.475. The highest BCUT2D eigenvalue weighted by Gasteiger charge is 2.35. The van der Waals surface area contributed by atoms with Crippen molar-refractivity contribution in [2.45, 2.75) is 37.2 Å². The monoisotopic (exact) mass is 437 g/mol. The van der Waals surface area contributed by atoms with E-state index in [1.54, 1.807) is 12.1 Å². The van der Waals surface area contributed by atoms with Gasteiger partial charge in [-0.3, -0.25) is 0 Å². The van der Waals surface area contributed by atoms with E-state index in [-0.39, 0.29) is 40.5 Å². The second-order valence-corrected chi connectivity index (χ2v) is 7.10. The molecule has 5 nitrogen and oxygen atoms in total. The average Bonchev–Trinajstić information content (AvgIpc) is 3.13. The van der Waals surface area contributed by atoms with Gasteiger partial charge in [0.2, 0.25) is 0 Å². The van der Waals surface area contributed by atoms with E-state index in [1.807, 2.05) is 36.4 Å². The summed E-state index contributed by atoms with van der Waals surface area (Å²) in [5, 5.41) is 32.9. The van der Waals surface area contributed by atoms with Crippen molar-refractivity contribution in [3.8, 4) is 17.2 Å². The Labute approximate surface area is 170 Å². The summed E-state index contributed by atoms with van der Waals surface area (Å²) in [4.78, 5) is 0. The number of aliphatic hydroxyl groups excluding tert-OH is 1. The van der Waals surface area contributed by atoms with Crippen LogP contribution in [0.3, 0.4) is 0 Å². The first-order valence-electron chi connectivity index (χ1n) is 9.18. The molecule has 0 bridgehead atoms. The number of aliphatic hydroxyl groups is 1. The predicted molar refractivity (Wildman–Crippen MR) is 111 cm³/mol. The molecule has 4 N–H and O–H groups in total. The number of rotatable bonds is 8. The first-order chi connectivity index (χ1) is 12.6. The van der Waals surface area contributed by atoms with Gasteiger partial charge in [-0.1, -0.05) is 37.1 Å². The predicted octanol–water partition coefficient (Wildman–Crippen LogP) is 3.52. The molecule has 27 heavy (non-hydrogen) atoms. The van der Waals surface area contributed by atoms with Crippen LogP contribution in [0.25, 0.3) is 0 Å². The van der Waals surface area contributed by atoms with E-state index in [0.29, 0.717) is 6.54 Å². The SMILES string of the molecule is Br.Oc1ccc(C2(CNCC(O)COc3ccccc3)CCCC2)cc1O. The number of nitrogens with one attached hydrogen (secondary N) is 1. The van der Waals surface area contributed by atoms with Crippen molar-refractivity contribution in [3.63, 3.8) is 0 Å². The second kappa shape index (κ2) is 9.97. The zero-order valence-corrected chi connectivity index (χ0v) is 17.0. The van der Waals surface area contributed by atoms with Crippen LogP contribution in [0.2, 0.25) is 0 Å². The molecule has 1 aliphatic rings. The van der Waals surface area contributed by atoms with E-state index in [2.05, 4.69) is 5.32 Å². The van der Waals surface area contributed by atoms with Gasteiger partial charge in [-0.15, -0.1) is 17.0 Å². The molecule has 0 heterocycles. The van der Waals surface area contributed by atoms with Crippen LogP contribution < -0.4 is 10.1 Å². The number of hydrogen-bond donors (Lipinski definition) is 4. The van der Waals surface area contributed by atoms with E-state index in [4.69, 9.17) is 4.74 Å². The molecule has 1 unspecified atom stereocenters. The number of para-hydroxylation sites is 1. The molecule has 2 aromatic rings. The van der Waals surface area contributed by atoms with Crippen molar-refractivity contribution in [3.05, 3.63) is 54.1 Å². The highest BCUT2D eigenvalue weighted by molar-refractivity contribution is 8.93. The van der Waals surface area contributed by atoms with Crippen LogP contribution in [-0.4, -0.2) is 41.1 Å². The van der Waals surface area contributed by atoms with Gasteiger partial charge in [-0.25, -0.2) is 0 Å². The van der Waals surface area contributed by atoms with Crippen molar-refractivity contribution >= 4 is 17.0 Å². The molecule has 6 heteroatoms. The molecular weight excluding hydrogens is 410 g/mol. The Morgan fingerprint density at radius 1 is 1.00 bits per heavy atom. The lowest BCUT2D eigenvalue weighted by atomic mass is 9.78. The molecule has 1 atom stereocenters. The summed E-state index contributed by atoms with van der Waals surface area (Å²) in [5.74, 6) is 0.576. The Balaban J connectivity index is 0.00000261. The molecule has 0 radical (unpaired) electrons. The Hall–Kier alpha value is -1.76. The number of phenolic OH excluding ortho intramolecular Hbond substituents is 2. The number of hydrogen-bond acceptors (Lipinski definition) is 5. The third kappa shape index (κ3) is 5.61. The zero-order valence-electron chi connectivity index (χ0n) is 15.3. The zero-order chi connectivity index (χ0) is 18.4. The lowest BCUT2D eigenvalue weighted by Crippen LogP contribution is -2.40. The second-order valence-electron chi connectivity index (χ2n) is 7.10. The maximum atomic E-state index is 10.2. The molecule has 1 fully saturated rings. The molecule has 0 aromatic heterocycles. The Kier molecular flexibility index (Phi) is 7.95. The molecule has 148 valence electrons. The number of phenols is 2. The van der Waals surface area contributed by atoms with Crippen molar-refractivity contribution in [2.75, 3.05) is 19.7 Å². The largest absolute Gasteiger partial charge is 0.504 e. The van der Waals surface area contributed by atoms with Gasteiger partial charge < -0.3 is 25.4 Å². The summed E-state index contributed by atoms with van der Waals surface area (Å²) < 4.78 is 5.58. The van der Waals surface area contributed by atoms with Crippen LogP contribution in [0.15, 0.2) is 48.5 Å². The third-order valence-electron chi connectivity index (χ3n) is 5.18. The number of ether oxygens (including phenoxy) is 1. The topological polar surface area (TPSA) is 82.0 Å². The van der Waals surface area contributed by atoms with E-state index in [1.165, 1.54) is 0 Å². The van der Waals surface area contributed by atoms with E-state index in [0.717, 1.165) is 43.5 Å². The lowest BCUT2D eigenvalue weighted by Gasteiger charge is -2.31. The fraction of sp³-hybridized carbons (Fsp3) is 0.429. The summed E-state index contributed by atoms with van der Waals surface area (Å²) >= 11 is 0. The number of halogens is 1. The molecule has 0 aliphatic heterocycles. The standard InChI is InChI=1S/C21H27NO4.BrH/c23-17(14-26-18-6-2-1-3-7-18)13-22-15-21(10-4-5-11-21)16-8-9-19(24)20(25)12-16;/h1-3,6-9,12,17,22-25H,4-5,10-11,13-15H2;1H. The minimum Gasteiger partial charge on any atom is -0.504 e. The van der Waals surface area contributed by atoms with Gasteiger partial charge in [-0.2, -0.15) is 0 Å². The minimum absolute atomic E-state index is 0. The lowest BCUT2D eigenvalue weighted by molar-refractivity contribution is 0.105. The van der Waals surface area contributed by atoms with Crippen LogP contribution in [0.1, 0.15) is 31.2 Å². The molecule has 3 rings (SSSR count). The van der Waals surface area contributed by atoms with Gasteiger partial charge in [0.25, 0.3) is 0 Å². The highest BCUT2D eigenvalue weighted by Crippen LogP contribution is 2.42. The van der Waals surface area contributed by atoms with Crippen LogP contribution in [-0.2, 0) is 5.41 Å². The van der Waals surface area contributed by atoms with Crippen molar-refractivity contribution in [1.82, 2.24) is 5.32 Å². The Morgan fingerprint density at radius 3 is 2.37 bits per heavy atom. The van der Waals surface area contributed by atoms with Crippen molar-refractivity contribution < 1.29 is 20.1 Å². The van der Waals surface area contributed by atoms with Crippen molar-refractivity contribution in [1.29, 1.82) is 0 Å². The molecule has 1 aliphatic carbocycles. The van der Waals surface area contributed by atoms with Gasteiger partial charge >= 0.3 is 0 Å². The Morgan fingerprint density at radius 2 is 1.70 bits per heavy atom. The van der Waals surface area contributed by atoms with Gasteiger partial charge in [0.1, 0.15) is 18.5 Å². The summed E-state index contributed by atoms with van der Waals surface area (Å²) in [6, 6.07) is 14.6. The smallest absolute Gasteiger partial charge is 0.157 e. The summed E-state index contributed by atoms with van der Waals surface area (Å²) in [6.45, 7) is 1.41. The maximum Gasteiger partial charge on any atom is 0.157 e. The maximum absolute atomic E-state index is 10.2. The summed E-state index contributed by atoms with van der Waals surface area (Å²) in [6.07, 6.45) is 3.75. The van der Waals surface area contributed by atoms with Gasteiger partial charge in [0.05, 0.1) is 0 Å². The molecule has 1 saturated carbocycles. The van der Waals surface area contributed by atoms with Crippen LogP contribution in [0.5, 0.6) is 17.2 Å². The molecule has 2 aromatic carbocycles. The first kappa shape index (κ1) is 21.5. The Bertz CT molecular complexity index is 705. The van der Waals surface area contributed by atoms with E-state index in [9.17, 15) is 15.3 Å². The molecule has 0 spiro atoms. The summed E-state index contributed by atoms with van der Waals surface area (Å²) in [7, 11) is 0.